The number of nitrogens with two attached hydrogens (primary N) is 1. The summed E-state index contributed by atoms with van der Waals surface area (Å²) in [5.41, 5.74) is 6.00. The van der Waals surface area contributed by atoms with Crippen molar-refractivity contribution < 1.29 is 52.6 Å². The summed E-state index contributed by atoms with van der Waals surface area (Å²) in [6, 6.07) is 6.43. The average Bonchev–Trinajstić information content (AvgIpc) is 3.16. The second kappa shape index (κ2) is 24.2. The summed E-state index contributed by atoms with van der Waals surface area (Å²) >= 11 is 0. The number of hydrogen-bond donors (Lipinski definition) is 5. The standard InChI is InChI=1S/C33H52N10O11/c1-24(44)43(26-7-5-25(6-8-26)38-30(48)20-37-29(47)19-36-28(46)18-35-27(45)17-34)42-15-13-40(22-32(50)53-3)11-9-39(21-31(49)52-2)10-12-41(14-16-42)23-33(51)54-4/h5-8H,9-23,34H2,1-4H3,(H,35,45)(H,36,46)(H,37,47)(H,38,48). The Kier molecular flexibility index (Phi) is 20.1. The quantitative estimate of drug-likeness (QED) is 0.0793. The highest BCUT2D eigenvalue weighted by atomic mass is 16.5. The third-order valence-electron chi connectivity index (χ3n) is 8.06. The van der Waals surface area contributed by atoms with Crippen molar-refractivity contribution in [3.63, 3.8) is 0 Å². The number of amides is 5. The van der Waals surface area contributed by atoms with E-state index in [2.05, 4.69) is 21.3 Å². The number of nitrogens with zero attached hydrogens (tertiary/aromatic N) is 5. The van der Waals surface area contributed by atoms with Gasteiger partial charge in [0.25, 0.3) is 0 Å². The highest BCUT2D eigenvalue weighted by Crippen LogP contribution is 2.21. The molecule has 5 amide bonds. The zero-order chi connectivity index (χ0) is 40.0. The monoisotopic (exact) mass is 764 g/mol. The molecule has 0 saturated carbocycles. The molecule has 54 heavy (non-hydrogen) atoms. The molecule has 0 aliphatic carbocycles. The number of carbonyl (C=O) groups excluding carboxylic acids is 8. The fourth-order valence-corrected chi connectivity index (χ4v) is 5.11. The van der Waals surface area contributed by atoms with Crippen LogP contribution in [-0.2, 0) is 52.6 Å². The van der Waals surface area contributed by atoms with E-state index in [1.165, 1.54) is 33.3 Å². The molecule has 0 bridgehead atoms. The molecule has 1 aliphatic heterocycles. The van der Waals surface area contributed by atoms with Gasteiger partial charge in [-0.25, -0.2) is 10.0 Å². The van der Waals surface area contributed by atoms with Gasteiger partial charge in [0, 0.05) is 65.0 Å². The summed E-state index contributed by atoms with van der Waals surface area (Å²) < 4.78 is 14.7. The molecule has 0 spiro atoms. The molecule has 0 atom stereocenters. The first-order valence-electron chi connectivity index (χ1n) is 17.1. The lowest BCUT2D eigenvalue weighted by Gasteiger charge is -2.38. The zero-order valence-electron chi connectivity index (χ0n) is 31.2. The van der Waals surface area contributed by atoms with E-state index in [0.717, 1.165) is 0 Å². The molecular formula is C33H52N10O11. The minimum atomic E-state index is -0.629. The van der Waals surface area contributed by atoms with Crippen LogP contribution in [0.5, 0.6) is 0 Å². The third kappa shape index (κ3) is 17.1. The molecule has 0 aromatic heterocycles. The predicted octanol–water partition coefficient (Wildman–Crippen LogP) is -4.06. The summed E-state index contributed by atoms with van der Waals surface area (Å²) in [7, 11) is 3.89. The number of carbonyl (C=O) groups is 8. The molecule has 300 valence electrons. The number of hydrogen-bond acceptors (Lipinski definition) is 16. The molecule has 0 radical (unpaired) electrons. The molecule has 21 nitrogen and oxygen atoms in total. The molecule has 21 heteroatoms. The van der Waals surface area contributed by atoms with Crippen molar-refractivity contribution in [2.75, 3.05) is 130 Å². The lowest BCUT2D eigenvalue weighted by Crippen LogP contribution is -2.54. The highest BCUT2D eigenvalue weighted by Gasteiger charge is 2.25. The van der Waals surface area contributed by atoms with Crippen molar-refractivity contribution in [1.29, 1.82) is 0 Å². The summed E-state index contributed by atoms with van der Waals surface area (Å²) in [6.07, 6.45) is 0. The van der Waals surface area contributed by atoms with Crippen LogP contribution in [0.1, 0.15) is 6.92 Å². The Morgan fingerprint density at radius 2 is 0.963 bits per heavy atom. The van der Waals surface area contributed by atoms with Crippen LogP contribution < -0.4 is 32.0 Å². The predicted molar refractivity (Wildman–Crippen MR) is 193 cm³/mol. The van der Waals surface area contributed by atoms with Crippen molar-refractivity contribution in [1.82, 2.24) is 35.7 Å². The van der Waals surface area contributed by atoms with Crippen molar-refractivity contribution in [2.24, 2.45) is 5.73 Å². The second-order valence-corrected chi connectivity index (χ2v) is 12.0. The summed E-state index contributed by atoms with van der Waals surface area (Å²) in [5.74, 6) is -3.95. The third-order valence-corrected chi connectivity index (χ3v) is 8.06. The number of methoxy groups -OCH3 is 3. The van der Waals surface area contributed by atoms with Gasteiger partial charge in [-0.2, -0.15) is 0 Å². The van der Waals surface area contributed by atoms with Crippen LogP contribution >= 0.6 is 0 Å². The maximum atomic E-state index is 13.2. The van der Waals surface area contributed by atoms with Crippen LogP contribution in [0.4, 0.5) is 11.4 Å². The van der Waals surface area contributed by atoms with Crippen molar-refractivity contribution in [2.45, 2.75) is 6.92 Å². The van der Waals surface area contributed by atoms with Gasteiger partial charge in [-0.05, 0) is 24.3 Å². The van der Waals surface area contributed by atoms with E-state index in [1.807, 2.05) is 14.7 Å². The molecule has 1 aromatic carbocycles. The van der Waals surface area contributed by atoms with Gasteiger partial charge in [0.05, 0.1) is 72.8 Å². The first-order chi connectivity index (χ1) is 25.8. The van der Waals surface area contributed by atoms with Crippen LogP contribution in [0.15, 0.2) is 24.3 Å². The van der Waals surface area contributed by atoms with Crippen LogP contribution in [0.2, 0.25) is 0 Å². The first kappa shape index (κ1) is 44.9. The topological polar surface area (TPSA) is 255 Å². The van der Waals surface area contributed by atoms with Gasteiger partial charge in [-0.15, -0.1) is 0 Å². The lowest BCUT2D eigenvalue weighted by atomic mass is 10.2. The van der Waals surface area contributed by atoms with Gasteiger partial charge in [0.1, 0.15) is 0 Å². The summed E-state index contributed by atoms with van der Waals surface area (Å²) in [6.45, 7) is 2.72. The molecule has 0 unspecified atom stereocenters. The Hall–Kier alpha value is -5.22. The minimum absolute atomic E-state index is 0.0167. The average molecular weight is 765 g/mol. The van der Waals surface area contributed by atoms with E-state index in [9.17, 15) is 38.4 Å². The molecule has 1 heterocycles. The first-order valence-corrected chi connectivity index (χ1v) is 17.1. The fraction of sp³-hybridized carbons (Fsp3) is 0.576. The SMILES string of the molecule is COC(=O)CN1CCN(CC(=O)OC)CCN(N(C(C)=O)c2ccc(NC(=O)CNC(=O)CNC(=O)CNC(=O)CN)cc2)CCN(CC(=O)OC)CC1. The van der Waals surface area contributed by atoms with E-state index in [-0.39, 0.29) is 51.7 Å². The van der Waals surface area contributed by atoms with E-state index < -0.39 is 54.6 Å². The Balaban J connectivity index is 2.17. The Bertz CT molecular complexity index is 1410. The number of rotatable bonds is 16. The largest absolute Gasteiger partial charge is 0.468 e. The number of esters is 3. The lowest BCUT2D eigenvalue weighted by molar-refractivity contribution is -0.144. The van der Waals surface area contributed by atoms with Crippen molar-refractivity contribution in [3.8, 4) is 0 Å². The number of ether oxygens (including phenoxy) is 3. The number of hydrazine groups is 1. The van der Waals surface area contributed by atoms with Crippen molar-refractivity contribution >= 4 is 58.8 Å². The Morgan fingerprint density at radius 1 is 0.593 bits per heavy atom. The van der Waals surface area contributed by atoms with Gasteiger partial charge in [0.15, 0.2) is 0 Å². The summed E-state index contributed by atoms with van der Waals surface area (Å²) in [5, 5.41) is 12.9. The van der Waals surface area contributed by atoms with Crippen LogP contribution in [0, 0.1) is 0 Å². The molecule has 1 aromatic rings. The van der Waals surface area contributed by atoms with E-state index >= 15 is 0 Å². The molecule has 1 saturated heterocycles. The molecular weight excluding hydrogens is 712 g/mol. The van der Waals surface area contributed by atoms with E-state index in [0.29, 0.717) is 50.6 Å². The van der Waals surface area contributed by atoms with E-state index in [1.54, 1.807) is 29.3 Å². The number of nitrogens with one attached hydrogen (secondary N) is 4. The summed E-state index contributed by atoms with van der Waals surface area (Å²) in [4.78, 5) is 103. The van der Waals surface area contributed by atoms with Gasteiger partial charge in [-0.1, -0.05) is 0 Å². The van der Waals surface area contributed by atoms with E-state index in [4.69, 9.17) is 19.9 Å². The van der Waals surface area contributed by atoms with Crippen LogP contribution in [-0.4, -0.2) is 187 Å². The number of anilines is 2. The Labute approximate surface area is 313 Å². The molecule has 6 N–H and O–H groups in total. The zero-order valence-corrected chi connectivity index (χ0v) is 31.2. The Morgan fingerprint density at radius 3 is 1.33 bits per heavy atom. The smallest absolute Gasteiger partial charge is 0.319 e. The van der Waals surface area contributed by atoms with Crippen LogP contribution in [0.3, 0.4) is 0 Å². The van der Waals surface area contributed by atoms with Crippen molar-refractivity contribution in [3.05, 3.63) is 24.3 Å². The van der Waals surface area contributed by atoms with Gasteiger partial charge < -0.3 is 41.2 Å². The van der Waals surface area contributed by atoms with Gasteiger partial charge in [-0.3, -0.25) is 53.1 Å². The molecule has 2 rings (SSSR count). The fourth-order valence-electron chi connectivity index (χ4n) is 5.11. The van der Waals surface area contributed by atoms with Gasteiger partial charge in [0.2, 0.25) is 29.5 Å². The maximum Gasteiger partial charge on any atom is 0.319 e. The number of benzene rings is 1. The minimum Gasteiger partial charge on any atom is -0.468 e. The highest BCUT2D eigenvalue weighted by molar-refractivity contribution is 5.96. The van der Waals surface area contributed by atoms with Crippen LogP contribution in [0.25, 0.3) is 0 Å². The normalized spacial score (nSPS) is 15.0. The molecule has 1 fully saturated rings. The second-order valence-electron chi connectivity index (χ2n) is 12.0. The van der Waals surface area contributed by atoms with Gasteiger partial charge >= 0.3 is 17.9 Å². The maximum absolute atomic E-state index is 13.2. The molecule has 1 aliphatic rings.